The zero-order chi connectivity index (χ0) is 27.8. The number of aliphatic carboxylic acids is 1. The predicted molar refractivity (Wildman–Crippen MR) is 137 cm³/mol. The summed E-state index contributed by atoms with van der Waals surface area (Å²) in [4.78, 5) is 39.3. The standard InChI is InChI=1S/C27H31BrF3N3O4/c1-26(2)11-16(12-26)14-33(15-22(35)19-5-3-4-6-21(19)28)24(36)20-13-32-34(23(20)27(29,30)31)18-9-7-17(8-10-18)25(37)38/h3-6,13,16-18H,7-12,14-15H2,1-2H3,(H,37,38). The highest BCUT2D eigenvalue weighted by Gasteiger charge is 2.44. The third kappa shape index (κ3) is 6.13. The molecule has 38 heavy (non-hydrogen) atoms. The molecule has 0 spiro atoms. The second-order valence-corrected chi connectivity index (χ2v) is 12.1. The molecule has 4 rings (SSSR count). The van der Waals surface area contributed by atoms with E-state index in [1.54, 1.807) is 24.3 Å². The zero-order valence-corrected chi connectivity index (χ0v) is 22.9. The molecule has 11 heteroatoms. The van der Waals surface area contributed by atoms with Crippen LogP contribution in [0.2, 0.25) is 0 Å². The van der Waals surface area contributed by atoms with Gasteiger partial charge in [-0.3, -0.25) is 19.1 Å². The second-order valence-electron chi connectivity index (χ2n) is 11.2. The first-order chi connectivity index (χ1) is 17.8. The van der Waals surface area contributed by atoms with Crippen molar-refractivity contribution in [2.75, 3.05) is 13.1 Å². The van der Waals surface area contributed by atoms with Crippen LogP contribution >= 0.6 is 15.9 Å². The fourth-order valence-corrected chi connectivity index (χ4v) is 6.43. The highest BCUT2D eigenvalue weighted by atomic mass is 79.9. The number of hydrogen-bond acceptors (Lipinski definition) is 4. The van der Waals surface area contributed by atoms with Crippen molar-refractivity contribution in [3.05, 3.63) is 51.8 Å². The average Bonchev–Trinajstić information content (AvgIpc) is 3.28. The fourth-order valence-electron chi connectivity index (χ4n) is 5.92. The van der Waals surface area contributed by atoms with E-state index in [-0.39, 0.29) is 55.9 Å². The van der Waals surface area contributed by atoms with Gasteiger partial charge >= 0.3 is 12.1 Å². The molecule has 0 aliphatic heterocycles. The fraction of sp³-hybridized carbons (Fsp3) is 0.556. The van der Waals surface area contributed by atoms with Crippen molar-refractivity contribution in [1.29, 1.82) is 0 Å². The monoisotopic (exact) mass is 597 g/mol. The topological polar surface area (TPSA) is 92.5 Å². The summed E-state index contributed by atoms with van der Waals surface area (Å²) >= 11 is 3.33. The van der Waals surface area contributed by atoms with Crippen molar-refractivity contribution in [1.82, 2.24) is 14.7 Å². The van der Waals surface area contributed by atoms with Gasteiger partial charge in [-0.25, -0.2) is 0 Å². The van der Waals surface area contributed by atoms with Crippen LogP contribution in [0, 0.1) is 17.3 Å². The molecule has 1 N–H and O–H groups in total. The largest absolute Gasteiger partial charge is 0.481 e. The molecular weight excluding hydrogens is 567 g/mol. The first-order valence-electron chi connectivity index (χ1n) is 12.7. The number of ketones is 1. The van der Waals surface area contributed by atoms with Crippen LogP contribution in [-0.4, -0.2) is 50.5 Å². The number of Topliss-reactive ketones (excluding diaryl/α,β-unsaturated/α-hetero) is 1. The molecule has 0 unspecified atom stereocenters. The molecule has 2 fully saturated rings. The van der Waals surface area contributed by atoms with Crippen molar-refractivity contribution >= 4 is 33.6 Å². The Balaban J connectivity index is 1.63. The smallest absolute Gasteiger partial charge is 0.433 e. The summed E-state index contributed by atoms with van der Waals surface area (Å²) in [5.41, 5.74) is -1.30. The van der Waals surface area contributed by atoms with E-state index in [1.165, 1.54) is 4.90 Å². The number of hydrogen-bond donors (Lipinski definition) is 1. The van der Waals surface area contributed by atoms with Gasteiger partial charge in [-0.05, 0) is 55.9 Å². The lowest BCUT2D eigenvalue weighted by Gasteiger charge is -2.44. The Bertz CT molecular complexity index is 1210. The van der Waals surface area contributed by atoms with Gasteiger partial charge in [-0.1, -0.05) is 48.0 Å². The Kier molecular flexibility index (Phi) is 8.07. The van der Waals surface area contributed by atoms with Crippen LogP contribution in [0.5, 0.6) is 0 Å². The summed E-state index contributed by atoms with van der Waals surface area (Å²) in [6.07, 6.45) is -1.39. The molecule has 0 bridgehead atoms. The summed E-state index contributed by atoms with van der Waals surface area (Å²) in [5, 5.41) is 13.2. The first-order valence-corrected chi connectivity index (χ1v) is 13.5. The third-order valence-corrected chi connectivity index (χ3v) is 8.33. The molecule has 206 valence electrons. The van der Waals surface area contributed by atoms with Crippen LogP contribution in [0.15, 0.2) is 34.9 Å². The van der Waals surface area contributed by atoms with E-state index in [1.807, 2.05) is 0 Å². The molecule has 1 aromatic heterocycles. The highest BCUT2D eigenvalue weighted by molar-refractivity contribution is 9.10. The van der Waals surface area contributed by atoms with Gasteiger partial charge in [0.1, 0.15) is 0 Å². The van der Waals surface area contributed by atoms with Gasteiger partial charge in [0.25, 0.3) is 5.91 Å². The third-order valence-electron chi connectivity index (χ3n) is 7.64. The minimum Gasteiger partial charge on any atom is -0.481 e. The lowest BCUT2D eigenvalue weighted by atomic mass is 9.64. The molecule has 2 aromatic rings. The van der Waals surface area contributed by atoms with Crippen LogP contribution < -0.4 is 0 Å². The van der Waals surface area contributed by atoms with E-state index < -0.39 is 41.3 Å². The summed E-state index contributed by atoms with van der Waals surface area (Å²) in [6, 6.07) is 6.07. The Morgan fingerprint density at radius 3 is 2.29 bits per heavy atom. The number of rotatable bonds is 8. The number of benzene rings is 1. The number of carbonyl (C=O) groups is 3. The van der Waals surface area contributed by atoms with E-state index in [0.29, 0.717) is 10.0 Å². The van der Waals surface area contributed by atoms with Crippen LogP contribution in [-0.2, 0) is 11.0 Å². The summed E-state index contributed by atoms with van der Waals surface area (Å²) < 4.78 is 44.4. The molecular formula is C27H31BrF3N3O4. The van der Waals surface area contributed by atoms with Crippen molar-refractivity contribution < 1.29 is 32.7 Å². The molecule has 2 aliphatic rings. The quantitative estimate of drug-likeness (QED) is 0.363. The normalized spacial score (nSPS) is 21.5. The Hall–Kier alpha value is -2.69. The van der Waals surface area contributed by atoms with Crippen molar-refractivity contribution in [2.24, 2.45) is 17.3 Å². The maximum atomic E-state index is 14.3. The Morgan fingerprint density at radius 1 is 1.11 bits per heavy atom. The molecule has 7 nitrogen and oxygen atoms in total. The maximum absolute atomic E-state index is 14.3. The van der Waals surface area contributed by atoms with Gasteiger partial charge in [-0.2, -0.15) is 18.3 Å². The molecule has 2 aliphatic carbocycles. The van der Waals surface area contributed by atoms with Crippen LogP contribution in [0.3, 0.4) is 0 Å². The molecule has 2 saturated carbocycles. The summed E-state index contributed by atoms with van der Waals surface area (Å²) in [6.45, 7) is 3.99. The van der Waals surface area contributed by atoms with Gasteiger partial charge in [0.2, 0.25) is 0 Å². The minimum atomic E-state index is -4.86. The van der Waals surface area contributed by atoms with E-state index >= 15 is 0 Å². The number of amides is 1. The van der Waals surface area contributed by atoms with Gasteiger partial charge < -0.3 is 10.0 Å². The second kappa shape index (κ2) is 10.8. The summed E-state index contributed by atoms with van der Waals surface area (Å²) in [7, 11) is 0. The molecule has 1 amide bonds. The van der Waals surface area contributed by atoms with E-state index in [9.17, 15) is 32.7 Å². The van der Waals surface area contributed by atoms with Gasteiger partial charge in [0.15, 0.2) is 11.5 Å². The van der Waals surface area contributed by atoms with Crippen LogP contribution in [0.1, 0.15) is 84.8 Å². The lowest BCUT2D eigenvalue weighted by molar-refractivity contribution is -0.147. The minimum absolute atomic E-state index is 0.0802. The SMILES string of the molecule is CC1(C)CC(CN(CC(=O)c2ccccc2Br)C(=O)c2cnn(C3CCC(C(=O)O)CC3)c2C(F)(F)F)C1. The van der Waals surface area contributed by atoms with Gasteiger partial charge in [-0.15, -0.1) is 0 Å². The number of carbonyl (C=O) groups excluding carboxylic acids is 2. The maximum Gasteiger partial charge on any atom is 0.433 e. The Morgan fingerprint density at radius 2 is 1.74 bits per heavy atom. The van der Waals surface area contributed by atoms with Crippen molar-refractivity contribution in [3.63, 3.8) is 0 Å². The Labute approximate surface area is 227 Å². The highest BCUT2D eigenvalue weighted by Crippen LogP contribution is 2.45. The van der Waals surface area contributed by atoms with E-state index in [2.05, 4.69) is 34.9 Å². The van der Waals surface area contributed by atoms with E-state index in [0.717, 1.165) is 23.7 Å². The zero-order valence-electron chi connectivity index (χ0n) is 21.3. The number of aromatic nitrogens is 2. The number of carboxylic acids is 1. The molecule has 0 atom stereocenters. The molecule has 1 heterocycles. The van der Waals surface area contributed by atoms with Gasteiger partial charge in [0.05, 0.1) is 30.3 Å². The molecule has 1 aromatic carbocycles. The van der Waals surface area contributed by atoms with Gasteiger partial charge in [0, 0.05) is 16.6 Å². The molecule has 0 radical (unpaired) electrons. The van der Waals surface area contributed by atoms with E-state index in [4.69, 9.17) is 0 Å². The molecule has 0 saturated heterocycles. The predicted octanol–water partition coefficient (Wildman–Crippen LogP) is 6.24. The van der Waals surface area contributed by atoms with Crippen molar-refractivity contribution in [2.45, 2.75) is 64.6 Å². The van der Waals surface area contributed by atoms with Crippen molar-refractivity contribution in [3.8, 4) is 0 Å². The number of nitrogens with zero attached hydrogens (tertiary/aromatic N) is 3. The summed E-state index contributed by atoms with van der Waals surface area (Å²) in [5.74, 6) is -2.73. The lowest BCUT2D eigenvalue weighted by Crippen LogP contribution is -2.45. The van der Waals surface area contributed by atoms with Crippen LogP contribution in [0.4, 0.5) is 13.2 Å². The average molecular weight is 598 g/mol. The first kappa shape index (κ1) is 28.3. The number of alkyl halides is 3. The van der Waals surface area contributed by atoms with Crippen LogP contribution in [0.25, 0.3) is 0 Å². The number of halogens is 4. The number of carboxylic acid groups (broad SMARTS) is 1.